The number of hydrogen-bond acceptors (Lipinski definition) is 8. The van der Waals surface area contributed by atoms with Crippen LogP contribution < -0.4 is 0 Å². The van der Waals surface area contributed by atoms with Gasteiger partial charge in [0.05, 0.1) is 28.9 Å². The monoisotopic (exact) mass is 478 g/mol. The maximum absolute atomic E-state index is 13.0. The number of H-pyrrole nitrogens is 1. The number of aryl methyl sites for hydroxylation is 1. The smallest absolute Gasteiger partial charge is 0.378 e. The number of esters is 2. The topological polar surface area (TPSA) is 116 Å². The van der Waals surface area contributed by atoms with E-state index in [0.717, 1.165) is 10.6 Å². The third-order valence-electron chi connectivity index (χ3n) is 5.26. The van der Waals surface area contributed by atoms with Crippen LogP contribution in [0.15, 0.2) is 47.8 Å². The summed E-state index contributed by atoms with van der Waals surface area (Å²) >= 11 is 1.46. The normalized spacial score (nSPS) is 11.8. The van der Waals surface area contributed by atoms with Crippen molar-refractivity contribution in [1.29, 1.82) is 0 Å². The molecule has 0 bridgehead atoms. The van der Waals surface area contributed by atoms with Crippen molar-refractivity contribution in [2.45, 2.75) is 26.9 Å². The molecular weight excluding hydrogens is 456 g/mol. The molecule has 0 radical (unpaired) electrons. The van der Waals surface area contributed by atoms with E-state index in [-0.39, 0.29) is 17.1 Å². The lowest BCUT2D eigenvalue weighted by atomic mass is 10.1. The number of aromatic amines is 1. The highest BCUT2D eigenvalue weighted by Crippen LogP contribution is 2.26. The Kier molecular flexibility index (Phi) is 6.42. The highest BCUT2D eigenvalue weighted by molar-refractivity contribution is 7.13. The Bertz CT molecular complexity index is 1360. The molecule has 9 nitrogen and oxygen atoms in total. The molecule has 3 aromatic heterocycles. The minimum absolute atomic E-state index is 0.165. The summed E-state index contributed by atoms with van der Waals surface area (Å²) < 4.78 is 11.8. The largest absolute Gasteiger partial charge is 0.465 e. The summed E-state index contributed by atoms with van der Waals surface area (Å²) in [7, 11) is 1.27. The average molecular weight is 479 g/mol. The summed E-state index contributed by atoms with van der Waals surface area (Å²) in [6.07, 6.45) is -1.14. The fraction of sp³-hybridized carbons (Fsp3) is 0.208. The van der Waals surface area contributed by atoms with E-state index < -0.39 is 23.8 Å². The minimum atomic E-state index is -1.14. The Balaban J connectivity index is 1.60. The maximum atomic E-state index is 13.0. The standard InChI is InChI=1S/C24H22N4O5S/c1-13-18(23(30)32-4)14(2)25-19(13)20(29)15(3)33-24(31)21-26-22(17-11-8-12-34-17)28(27-21)16-9-6-5-7-10-16/h5-12,15,25H,1-4H3. The van der Waals surface area contributed by atoms with Gasteiger partial charge in [0, 0.05) is 5.69 Å². The Morgan fingerprint density at radius 2 is 1.79 bits per heavy atom. The number of carbonyl (C=O) groups is 3. The first kappa shape index (κ1) is 23.1. The van der Waals surface area contributed by atoms with Gasteiger partial charge in [0.15, 0.2) is 11.9 Å². The molecule has 34 heavy (non-hydrogen) atoms. The quantitative estimate of drug-likeness (QED) is 0.313. The number of rotatable bonds is 7. The van der Waals surface area contributed by atoms with E-state index in [0.29, 0.717) is 17.1 Å². The van der Waals surface area contributed by atoms with Gasteiger partial charge >= 0.3 is 11.9 Å². The van der Waals surface area contributed by atoms with Crippen LogP contribution in [-0.4, -0.2) is 50.7 Å². The molecule has 1 N–H and O–H groups in total. The predicted molar refractivity (Wildman–Crippen MR) is 125 cm³/mol. The Morgan fingerprint density at radius 3 is 2.44 bits per heavy atom. The van der Waals surface area contributed by atoms with E-state index in [1.807, 2.05) is 47.8 Å². The van der Waals surface area contributed by atoms with Crippen LogP contribution in [0.25, 0.3) is 16.4 Å². The van der Waals surface area contributed by atoms with Crippen LogP contribution in [0.4, 0.5) is 0 Å². The van der Waals surface area contributed by atoms with Crippen LogP contribution in [0.1, 0.15) is 49.6 Å². The van der Waals surface area contributed by atoms with Gasteiger partial charge in [0.2, 0.25) is 5.78 Å². The molecule has 10 heteroatoms. The third-order valence-corrected chi connectivity index (χ3v) is 6.12. The molecule has 0 aliphatic heterocycles. The summed E-state index contributed by atoms with van der Waals surface area (Å²) in [6.45, 7) is 4.76. The van der Waals surface area contributed by atoms with Gasteiger partial charge in [0.25, 0.3) is 5.82 Å². The van der Waals surface area contributed by atoms with Gasteiger partial charge < -0.3 is 14.5 Å². The third kappa shape index (κ3) is 4.27. The molecule has 4 rings (SSSR count). The molecule has 1 unspecified atom stereocenters. The lowest BCUT2D eigenvalue weighted by molar-refractivity contribution is 0.0305. The fourth-order valence-corrected chi connectivity index (χ4v) is 4.29. The number of ether oxygens (including phenoxy) is 2. The van der Waals surface area contributed by atoms with Crippen LogP contribution in [0.5, 0.6) is 0 Å². The van der Waals surface area contributed by atoms with E-state index in [4.69, 9.17) is 9.47 Å². The molecule has 3 heterocycles. The first-order chi connectivity index (χ1) is 16.3. The van der Waals surface area contributed by atoms with Crippen molar-refractivity contribution >= 4 is 29.1 Å². The number of nitrogens with zero attached hydrogens (tertiary/aromatic N) is 3. The van der Waals surface area contributed by atoms with Gasteiger partial charge in [-0.25, -0.2) is 14.3 Å². The average Bonchev–Trinajstić information content (AvgIpc) is 3.57. The molecule has 0 aliphatic rings. The number of ketones is 1. The molecule has 0 saturated heterocycles. The summed E-state index contributed by atoms with van der Waals surface area (Å²) in [5.41, 5.74) is 2.13. The number of Topliss-reactive ketones (excluding diaryl/α,β-unsaturated/α-hetero) is 1. The van der Waals surface area contributed by atoms with Crippen molar-refractivity contribution in [3.63, 3.8) is 0 Å². The maximum Gasteiger partial charge on any atom is 0.378 e. The van der Waals surface area contributed by atoms with E-state index in [1.165, 1.54) is 25.4 Å². The molecule has 0 saturated carbocycles. The van der Waals surface area contributed by atoms with Gasteiger partial charge in [-0.3, -0.25) is 4.79 Å². The summed E-state index contributed by atoms with van der Waals surface area (Å²) in [4.78, 5) is 46.0. The van der Waals surface area contributed by atoms with Crippen molar-refractivity contribution < 1.29 is 23.9 Å². The van der Waals surface area contributed by atoms with Crippen molar-refractivity contribution in [2.24, 2.45) is 0 Å². The molecule has 0 fully saturated rings. The Hall–Kier alpha value is -4.05. The number of nitrogens with one attached hydrogen (secondary N) is 1. The highest BCUT2D eigenvalue weighted by Gasteiger charge is 2.29. The van der Waals surface area contributed by atoms with Gasteiger partial charge in [-0.05, 0) is 49.9 Å². The fourth-order valence-electron chi connectivity index (χ4n) is 3.59. The number of methoxy groups -OCH3 is 1. The lowest BCUT2D eigenvalue weighted by Crippen LogP contribution is -2.26. The summed E-state index contributed by atoms with van der Waals surface area (Å²) in [5.74, 6) is -1.54. The van der Waals surface area contributed by atoms with Gasteiger partial charge in [-0.1, -0.05) is 24.3 Å². The van der Waals surface area contributed by atoms with Crippen molar-refractivity contribution in [2.75, 3.05) is 7.11 Å². The number of thiophene rings is 1. The van der Waals surface area contributed by atoms with E-state index in [1.54, 1.807) is 18.5 Å². The van der Waals surface area contributed by atoms with Crippen molar-refractivity contribution in [3.8, 4) is 16.4 Å². The van der Waals surface area contributed by atoms with Crippen molar-refractivity contribution in [3.05, 3.63) is 76.2 Å². The predicted octanol–water partition coefficient (Wildman–Crippen LogP) is 4.16. The van der Waals surface area contributed by atoms with Crippen LogP contribution in [0.2, 0.25) is 0 Å². The summed E-state index contributed by atoms with van der Waals surface area (Å²) in [6, 6.07) is 13.1. The first-order valence-electron chi connectivity index (χ1n) is 10.4. The van der Waals surface area contributed by atoms with Gasteiger partial charge in [-0.15, -0.1) is 16.4 Å². The van der Waals surface area contributed by atoms with Crippen molar-refractivity contribution in [1.82, 2.24) is 19.7 Å². The number of benzene rings is 1. The molecule has 0 spiro atoms. The van der Waals surface area contributed by atoms with Crippen LogP contribution in [-0.2, 0) is 9.47 Å². The van der Waals surface area contributed by atoms with Gasteiger partial charge in [-0.2, -0.15) is 4.98 Å². The number of aromatic nitrogens is 4. The second-order valence-corrected chi connectivity index (χ2v) is 8.46. The second-order valence-electron chi connectivity index (χ2n) is 7.51. The molecule has 0 aliphatic carbocycles. The minimum Gasteiger partial charge on any atom is -0.465 e. The molecule has 1 aromatic carbocycles. The SMILES string of the molecule is COC(=O)c1c(C)[nH]c(C(=O)C(C)OC(=O)c2nc(-c3cccs3)n(-c3ccccc3)n2)c1C. The molecule has 1 atom stereocenters. The van der Waals surface area contributed by atoms with Crippen LogP contribution in [0.3, 0.4) is 0 Å². The number of hydrogen-bond donors (Lipinski definition) is 1. The zero-order valence-electron chi connectivity index (χ0n) is 19.0. The van der Waals surface area contributed by atoms with E-state index in [9.17, 15) is 14.4 Å². The zero-order chi connectivity index (χ0) is 24.4. The van der Waals surface area contributed by atoms with E-state index >= 15 is 0 Å². The first-order valence-corrected chi connectivity index (χ1v) is 11.3. The lowest BCUT2D eigenvalue weighted by Gasteiger charge is -2.10. The van der Waals surface area contributed by atoms with Gasteiger partial charge in [0.1, 0.15) is 0 Å². The molecule has 0 amide bonds. The van der Waals surface area contributed by atoms with E-state index in [2.05, 4.69) is 15.1 Å². The zero-order valence-corrected chi connectivity index (χ0v) is 19.8. The van der Waals surface area contributed by atoms with Crippen LogP contribution >= 0.6 is 11.3 Å². The Morgan fingerprint density at radius 1 is 1.06 bits per heavy atom. The second kappa shape index (κ2) is 9.44. The Labute approximate surface area is 199 Å². The molecule has 4 aromatic rings. The molecule has 174 valence electrons. The number of para-hydroxylation sites is 1. The van der Waals surface area contributed by atoms with Crippen LogP contribution in [0, 0.1) is 13.8 Å². The summed E-state index contributed by atoms with van der Waals surface area (Å²) in [5, 5.41) is 6.25. The molecular formula is C24H22N4O5S. The number of carbonyl (C=O) groups excluding carboxylic acids is 3. The highest BCUT2D eigenvalue weighted by atomic mass is 32.1.